The maximum atomic E-state index is 11.1. The van der Waals surface area contributed by atoms with Crippen molar-refractivity contribution in [2.75, 3.05) is 13.7 Å². The first-order valence-electron chi connectivity index (χ1n) is 4.59. The van der Waals surface area contributed by atoms with Crippen LogP contribution in [-0.2, 0) is 9.53 Å². The number of hydrogen-bond donors (Lipinski definition) is 1. The summed E-state index contributed by atoms with van der Waals surface area (Å²) in [5, 5.41) is 3.35. The van der Waals surface area contributed by atoms with E-state index in [0.717, 1.165) is 25.8 Å². The van der Waals surface area contributed by atoms with E-state index in [1.165, 1.54) is 7.11 Å². The molecule has 3 heteroatoms. The van der Waals surface area contributed by atoms with Crippen LogP contribution in [0.15, 0.2) is 0 Å². The van der Waals surface area contributed by atoms with Crippen molar-refractivity contribution in [2.45, 2.75) is 32.2 Å². The van der Waals surface area contributed by atoms with E-state index in [2.05, 4.69) is 12.2 Å². The second kappa shape index (κ2) is 4.45. The van der Waals surface area contributed by atoms with Gasteiger partial charge in [-0.1, -0.05) is 6.92 Å². The summed E-state index contributed by atoms with van der Waals surface area (Å²) in [5.74, 6) is 0.0921. The Labute approximate surface area is 73.5 Å². The molecule has 1 aliphatic carbocycles. The van der Waals surface area contributed by atoms with E-state index >= 15 is 0 Å². The number of carbonyl (C=O) groups excluding carboxylic acids is 1. The number of methoxy groups -OCH3 is 1. The molecular weight excluding hydrogens is 154 g/mol. The SMILES string of the molecule is CCN[C@@H]1CC[C@@H](C(=O)OC)C1. The molecule has 0 spiro atoms. The van der Waals surface area contributed by atoms with Gasteiger partial charge in [0.2, 0.25) is 0 Å². The van der Waals surface area contributed by atoms with Gasteiger partial charge in [-0.05, 0) is 25.8 Å². The van der Waals surface area contributed by atoms with Crippen molar-refractivity contribution in [3.63, 3.8) is 0 Å². The van der Waals surface area contributed by atoms with Gasteiger partial charge in [0, 0.05) is 6.04 Å². The molecule has 0 radical (unpaired) electrons. The minimum Gasteiger partial charge on any atom is -0.469 e. The Bertz CT molecular complexity index is 159. The molecule has 0 aromatic heterocycles. The lowest BCUT2D eigenvalue weighted by atomic mass is 10.1. The number of esters is 1. The lowest BCUT2D eigenvalue weighted by molar-refractivity contribution is -0.145. The van der Waals surface area contributed by atoms with Crippen LogP contribution in [0.3, 0.4) is 0 Å². The molecule has 70 valence electrons. The van der Waals surface area contributed by atoms with Gasteiger partial charge in [-0.25, -0.2) is 0 Å². The zero-order valence-corrected chi connectivity index (χ0v) is 7.80. The predicted molar refractivity (Wildman–Crippen MR) is 46.8 cm³/mol. The van der Waals surface area contributed by atoms with Gasteiger partial charge in [0.15, 0.2) is 0 Å². The molecule has 0 heterocycles. The van der Waals surface area contributed by atoms with Crippen LogP contribution in [0.4, 0.5) is 0 Å². The molecule has 12 heavy (non-hydrogen) atoms. The maximum Gasteiger partial charge on any atom is 0.308 e. The number of nitrogens with one attached hydrogen (secondary N) is 1. The Kier molecular flexibility index (Phi) is 3.53. The molecule has 0 bridgehead atoms. The van der Waals surface area contributed by atoms with E-state index in [1.807, 2.05) is 0 Å². The smallest absolute Gasteiger partial charge is 0.308 e. The van der Waals surface area contributed by atoms with Crippen molar-refractivity contribution < 1.29 is 9.53 Å². The third kappa shape index (κ3) is 2.21. The average Bonchev–Trinajstić information content (AvgIpc) is 2.52. The van der Waals surface area contributed by atoms with Gasteiger partial charge in [-0.3, -0.25) is 4.79 Å². The second-order valence-electron chi connectivity index (χ2n) is 3.29. The Morgan fingerprint density at radius 3 is 2.92 bits per heavy atom. The molecule has 0 aromatic carbocycles. The third-order valence-electron chi connectivity index (χ3n) is 2.46. The fourth-order valence-corrected chi connectivity index (χ4v) is 1.84. The highest BCUT2D eigenvalue weighted by molar-refractivity contribution is 5.72. The Hall–Kier alpha value is -0.570. The molecule has 0 saturated heterocycles. The quantitative estimate of drug-likeness (QED) is 0.642. The molecule has 3 nitrogen and oxygen atoms in total. The monoisotopic (exact) mass is 171 g/mol. The van der Waals surface area contributed by atoms with Gasteiger partial charge >= 0.3 is 5.97 Å². The minimum atomic E-state index is -0.0459. The molecule has 1 fully saturated rings. The first-order valence-corrected chi connectivity index (χ1v) is 4.59. The maximum absolute atomic E-state index is 11.1. The molecule has 0 unspecified atom stereocenters. The van der Waals surface area contributed by atoms with Gasteiger partial charge in [0.25, 0.3) is 0 Å². The summed E-state index contributed by atoms with van der Waals surface area (Å²) >= 11 is 0. The summed E-state index contributed by atoms with van der Waals surface area (Å²) in [6.45, 7) is 3.07. The van der Waals surface area contributed by atoms with Crippen LogP contribution in [0.5, 0.6) is 0 Å². The van der Waals surface area contributed by atoms with Crippen LogP contribution in [0, 0.1) is 5.92 Å². The molecule has 0 aliphatic heterocycles. The van der Waals surface area contributed by atoms with Crippen LogP contribution >= 0.6 is 0 Å². The van der Waals surface area contributed by atoms with Crippen molar-refractivity contribution in [2.24, 2.45) is 5.92 Å². The summed E-state index contributed by atoms with van der Waals surface area (Å²) in [6, 6.07) is 0.527. The summed E-state index contributed by atoms with van der Waals surface area (Å²) in [4.78, 5) is 11.1. The fourth-order valence-electron chi connectivity index (χ4n) is 1.84. The van der Waals surface area contributed by atoms with Crippen molar-refractivity contribution in [1.82, 2.24) is 5.32 Å². The molecular formula is C9H17NO2. The topological polar surface area (TPSA) is 38.3 Å². The highest BCUT2D eigenvalue weighted by Gasteiger charge is 2.29. The van der Waals surface area contributed by atoms with Gasteiger partial charge in [0.05, 0.1) is 13.0 Å². The van der Waals surface area contributed by atoms with Crippen LogP contribution in [-0.4, -0.2) is 25.7 Å². The van der Waals surface area contributed by atoms with Crippen molar-refractivity contribution in [3.05, 3.63) is 0 Å². The van der Waals surface area contributed by atoms with Gasteiger partial charge in [-0.15, -0.1) is 0 Å². The first-order chi connectivity index (χ1) is 5.77. The van der Waals surface area contributed by atoms with E-state index in [0.29, 0.717) is 6.04 Å². The normalized spacial score (nSPS) is 28.8. The number of carbonyl (C=O) groups is 1. The number of ether oxygens (including phenoxy) is 1. The molecule has 0 amide bonds. The summed E-state index contributed by atoms with van der Waals surface area (Å²) in [7, 11) is 1.46. The molecule has 1 N–H and O–H groups in total. The fraction of sp³-hybridized carbons (Fsp3) is 0.889. The van der Waals surface area contributed by atoms with E-state index in [9.17, 15) is 4.79 Å². The van der Waals surface area contributed by atoms with E-state index in [4.69, 9.17) is 4.74 Å². The zero-order valence-electron chi connectivity index (χ0n) is 7.80. The van der Waals surface area contributed by atoms with Crippen molar-refractivity contribution >= 4 is 5.97 Å². The Morgan fingerprint density at radius 2 is 2.33 bits per heavy atom. The van der Waals surface area contributed by atoms with Crippen LogP contribution in [0.25, 0.3) is 0 Å². The lowest BCUT2D eigenvalue weighted by Gasteiger charge is -2.09. The van der Waals surface area contributed by atoms with Crippen LogP contribution in [0.2, 0.25) is 0 Å². The molecule has 1 saturated carbocycles. The van der Waals surface area contributed by atoms with E-state index < -0.39 is 0 Å². The molecule has 1 aliphatic rings. The summed E-state index contributed by atoms with van der Waals surface area (Å²) in [6.07, 6.45) is 3.03. The third-order valence-corrected chi connectivity index (χ3v) is 2.46. The number of rotatable bonds is 3. The average molecular weight is 171 g/mol. The molecule has 0 aromatic rings. The largest absolute Gasteiger partial charge is 0.469 e. The van der Waals surface area contributed by atoms with Gasteiger partial charge in [-0.2, -0.15) is 0 Å². The Morgan fingerprint density at radius 1 is 1.58 bits per heavy atom. The van der Waals surface area contributed by atoms with Crippen molar-refractivity contribution in [3.8, 4) is 0 Å². The summed E-state index contributed by atoms with van der Waals surface area (Å²) in [5.41, 5.74) is 0. The standard InChI is InChI=1S/C9H17NO2/c1-3-10-8-5-4-7(6-8)9(11)12-2/h7-8,10H,3-6H2,1-2H3/t7-,8-/m1/s1. The molecule has 2 atom stereocenters. The van der Waals surface area contributed by atoms with Crippen LogP contribution < -0.4 is 5.32 Å². The number of hydrogen-bond acceptors (Lipinski definition) is 3. The van der Waals surface area contributed by atoms with E-state index in [-0.39, 0.29) is 11.9 Å². The van der Waals surface area contributed by atoms with Gasteiger partial charge < -0.3 is 10.1 Å². The van der Waals surface area contributed by atoms with Crippen LogP contribution in [0.1, 0.15) is 26.2 Å². The minimum absolute atomic E-state index is 0.0459. The van der Waals surface area contributed by atoms with Crippen molar-refractivity contribution in [1.29, 1.82) is 0 Å². The Balaban J connectivity index is 2.30. The lowest BCUT2D eigenvalue weighted by Crippen LogP contribution is -2.26. The zero-order chi connectivity index (χ0) is 8.97. The predicted octanol–water partition coefficient (Wildman–Crippen LogP) is 0.938. The molecule has 1 rings (SSSR count). The first kappa shape index (κ1) is 9.52. The highest BCUT2D eigenvalue weighted by Crippen LogP contribution is 2.26. The highest BCUT2D eigenvalue weighted by atomic mass is 16.5. The van der Waals surface area contributed by atoms with Gasteiger partial charge in [0.1, 0.15) is 0 Å². The van der Waals surface area contributed by atoms with E-state index in [1.54, 1.807) is 0 Å². The second-order valence-corrected chi connectivity index (χ2v) is 3.29. The summed E-state index contributed by atoms with van der Waals surface area (Å²) < 4.78 is 4.69.